The Balaban J connectivity index is 2.14. The first-order valence-corrected chi connectivity index (χ1v) is 6.90. The average molecular weight is 253 g/mol. The maximum Gasteiger partial charge on any atom is 0.181 e. The maximum absolute atomic E-state index is 12.5. The van der Waals surface area contributed by atoms with Gasteiger partial charge in [-0.05, 0) is 31.7 Å². The monoisotopic (exact) mass is 253 g/mol. The molecule has 17 heavy (non-hydrogen) atoms. The molecule has 2 heterocycles. The molecule has 0 bridgehead atoms. The van der Waals surface area contributed by atoms with E-state index >= 15 is 0 Å². The van der Waals surface area contributed by atoms with Gasteiger partial charge < -0.3 is 4.74 Å². The summed E-state index contributed by atoms with van der Waals surface area (Å²) in [7, 11) is 0. The van der Waals surface area contributed by atoms with Crippen molar-refractivity contribution in [1.29, 1.82) is 0 Å². The van der Waals surface area contributed by atoms with E-state index in [-0.39, 0.29) is 11.8 Å². The molecule has 0 amide bonds. The number of ketones is 1. The Morgan fingerprint density at radius 3 is 2.59 bits per heavy atom. The molecule has 3 nitrogen and oxygen atoms in total. The van der Waals surface area contributed by atoms with Crippen LogP contribution in [0.25, 0.3) is 0 Å². The van der Waals surface area contributed by atoms with Crippen LogP contribution in [-0.4, -0.2) is 43.0 Å². The molecule has 0 spiro atoms. The van der Waals surface area contributed by atoms with E-state index in [9.17, 15) is 4.79 Å². The predicted molar refractivity (Wildman–Crippen MR) is 70.0 cm³/mol. The lowest BCUT2D eigenvalue weighted by Gasteiger charge is -2.31. The number of hydrogen-bond donors (Lipinski definition) is 0. The summed E-state index contributed by atoms with van der Waals surface area (Å²) in [4.78, 5) is 15.8. The highest BCUT2D eigenvalue weighted by Crippen LogP contribution is 2.23. The molecule has 1 unspecified atom stereocenters. The van der Waals surface area contributed by atoms with Crippen molar-refractivity contribution in [3.8, 4) is 0 Å². The molecule has 1 fully saturated rings. The van der Waals surface area contributed by atoms with Crippen LogP contribution >= 0.6 is 11.3 Å². The van der Waals surface area contributed by atoms with Gasteiger partial charge in [0, 0.05) is 23.5 Å². The summed E-state index contributed by atoms with van der Waals surface area (Å²) in [6.45, 7) is 9.23. The van der Waals surface area contributed by atoms with Gasteiger partial charge in [0.05, 0.1) is 19.3 Å². The SMILES string of the molecule is Cc1csc(C)c1C(=O)C(C)N1CCOCC1. The number of hydrogen-bond acceptors (Lipinski definition) is 4. The quantitative estimate of drug-likeness (QED) is 0.774. The van der Waals surface area contributed by atoms with Crippen LogP contribution in [-0.2, 0) is 4.74 Å². The zero-order valence-electron chi connectivity index (χ0n) is 10.7. The van der Waals surface area contributed by atoms with Crippen LogP contribution in [0.2, 0.25) is 0 Å². The van der Waals surface area contributed by atoms with Crippen molar-refractivity contribution in [1.82, 2.24) is 4.90 Å². The number of ether oxygens (including phenoxy) is 1. The Bertz CT molecular complexity index is 388. The van der Waals surface area contributed by atoms with E-state index in [0.29, 0.717) is 0 Å². The van der Waals surface area contributed by atoms with Gasteiger partial charge in [0.15, 0.2) is 5.78 Å². The maximum atomic E-state index is 12.5. The highest BCUT2D eigenvalue weighted by atomic mass is 32.1. The number of morpholine rings is 1. The number of nitrogens with zero attached hydrogens (tertiary/aromatic N) is 1. The Kier molecular flexibility index (Phi) is 3.97. The van der Waals surface area contributed by atoms with Crippen LogP contribution < -0.4 is 0 Å². The van der Waals surface area contributed by atoms with Crippen molar-refractivity contribution in [2.24, 2.45) is 0 Å². The molecule has 94 valence electrons. The molecule has 0 aliphatic carbocycles. The third-order valence-electron chi connectivity index (χ3n) is 3.38. The summed E-state index contributed by atoms with van der Waals surface area (Å²) in [5.74, 6) is 0.253. The van der Waals surface area contributed by atoms with Crippen LogP contribution in [0, 0.1) is 13.8 Å². The van der Waals surface area contributed by atoms with Crippen LogP contribution in [0.15, 0.2) is 5.38 Å². The van der Waals surface area contributed by atoms with Crippen LogP contribution in [0.4, 0.5) is 0 Å². The molecule has 0 saturated carbocycles. The van der Waals surface area contributed by atoms with E-state index in [1.807, 2.05) is 20.8 Å². The van der Waals surface area contributed by atoms with Crippen LogP contribution in [0.3, 0.4) is 0 Å². The van der Waals surface area contributed by atoms with Crippen molar-refractivity contribution >= 4 is 17.1 Å². The summed E-state index contributed by atoms with van der Waals surface area (Å²) >= 11 is 1.66. The summed E-state index contributed by atoms with van der Waals surface area (Å²) < 4.78 is 5.32. The highest BCUT2D eigenvalue weighted by molar-refractivity contribution is 7.10. The minimum absolute atomic E-state index is 0.0362. The van der Waals surface area contributed by atoms with Crippen LogP contribution in [0.1, 0.15) is 27.7 Å². The molecule has 1 aromatic rings. The van der Waals surface area contributed by atoms with E-state index in [4.69, 9.17) is 4.74 Å². The summed E-state index contributed by atoms with van der Waals surface area (Å²) in [5, 5.41) is 2.06. The fourth-order valence-electron chi connectivity index (χ4n) is 2.28. The van der Waals surface area contributed by atoms with Gasteiger partial charge in [0.2, 0.25) is 0 Å². The Labute approximate surface area is 106 Å². The van der Waals surface area contributed by atoms with Gasteiger partial charge in [-0.25, -0.2) is 0 Å². The van der Waals surface area contributed by atoms with Gasteiger partial charge in [-0.1, -0.05) is 0 Å². The largest absolute Gasteiger partial charge is 0.379 e. The predicted octanol–water partition coefficient (Wildman–Crippen LogP) is 2.27. The van der Waals surface area contributed by atoms with Crippen molar-refractivity contribution in [2.45, 2.75) is 26.8 Å². The highest BCUT2D eigenvalue weighted by Gasteiger charge is 2.26. The van der Waals surface area contributed by atoms with E-state index < -0.39 is 0 Å². The second kappa shape index (κ2) is 5.29. The molecule has 1 saturated heterocycles. The summed E-state index contributed by atoms with van der Waals surface area (Å²) in [6.07, 6.45) is 0. The van der Waals surface area contributed by atoms with Crippen molar-refractivity contribution in [3.05, 3.63) is 21.4 Å². The molecule has 0 radical (unpaired) electrons. The topological polar surface area (TPSA) is 29.5 Å². The Hall–Kier alpha value is -0.710. The Morgan fingerprint density at radius 2 is 2.06 bits per heavy atom. The molecular weight excluding hydrogens is 234 g/mol. The van der Waals surface area contributed by atoms with Gasteiger partial charge >= 0.3 is 0 Å². The van der Waals surface area contributed by atoms with Gasteiger partial charge in [-0.15, -0.1) is 11.3 Å². The molecule has 4 heteroatoms. The first-order chi connectivity index (χ1) is 8.11. The molecule has 0 aromatic carbocycles. The normalized spacial score (nSPS) is 19.2. The van der Waals surface area contributed by atoms with Gasteiger partial charge in [-0.2, -0.15) is 0 Å². The van der Waals surface area contributed by atoms with Crippen molar-refractivity contribution in [3.63, 3.8) is 0 Å². The second-order valence-corrected chi connectivity index (χ2v) is 5.62. The average Bonchev–Trinajstić information content (AvgIpc) is 2.68. The van der Waals surface area contributed by atoms with E-state index in [1.54, 1.807) is 11.3 Å². The Morgan fingerprint density at radius 1 is 1.41 bits per heavy atom. The minimum atomic E-state index is -0.0362. The van der Waals surface area contributed by atoms with Gasteiger partial charge in [-0.3, -0.25) is 9.69 Å². The fourth-order valence-corrected chi connectivity index (χ4v) is 3.13. The molecule has 1 aliphatic rings. The fraction of sp³-hybridized carbons (Fsp3) is 0.615. The van der Waals surface area contributed by atoms with Gasteiger partial charge in [0.1, 0.15) is 0 Å². The van der Waals surface area contributed by atoms with Gasteiger partial charge in [0.25, 0.3) is 0 Å². The number of carbonyl (C=O) groups excluding carboxylic acids is 1. The molecule has 2 rings (SSSR count). The third-order valence-corrected chi connectivity index (χ3v) is 4.41. The van der Waals surface area contributed by atoms with Crippen molar-refractivity contribution < 1.29 is 9.53 Å². The van der Waals surface area contributed by atoms with Crippen LogP contribution in [0.5, 0.6) is 0 Å². The lowest BCUT2D eigenvalue weighted by Crippen LogP contribution is -2.46. The van der Waals surface area contributed by atoms with E-state index in [1.165, 1.54) is 0 Å². The minimum Gasteiger partial charge on any atom is -0.379 e. The first kappa shape index (κ1) is 12.7. The second-order valence-electron chi connectivity index (χ2n) is 4.54. The standard InChI is InChI=1S/C13H19NO2S/c1-9-8-17-11(3)12(9)13(15)10(2)14-4-6-16-7-5-14/h8,10H,4-7H2,1-3H3. The number of carbonyl (C=O) groups is 1. The lowest BCUT2D eigenvalue weighted by atomic mass is 10.0. The molecular formula is C13H19NO2S. The molecule has 1 atom stereocenters. The molecule has 1 aromatic heterocycles. The van der Waals surface area contributed by atoms with E-state index in [2.05, 4.69) is 10.3 Å². The number of aryl methyl sites for hydroxylation is 2. The number of thiophene rings is 1. The number of rotatable bonds is 3. The van der Waals surface area contributed by atoms with Crippen molar-refractivity contribution in [2.75, 3.05) is 26.3 Å². The first-order valence-electron chi connectivity index (χ1n) is 6.02. The smallest absolute Gasteiger partial charge is 0.181 e. The summed E-state index contributed by atoms with van der Waals surface area (Å²) in [5.41, 5.74) is 2.03. The lowest BCUT2D eigenvalue weighted by molar-refractivity contribution is 0.0208. The zero-order valence-corrected chi connectivity index (χ0v) is 11.5. The molecule has 1 aliphatic heterocycles. The van der Waals surface area contributed by atoms with E-state index in [0.717, 1.165) is 42.3 Å². The third kappa shape index (κ3) is 2.59. The number of Topliss-reactive ketones (excluding diaryl/α,β-unsaturated/α-hetero) is 1. The zero-order chi connectivity index (χ0) is 12.4. The molecule has 0 N–H and O–H groups in total. The summed E-state index contributed by atoms with van der Waals surface area (Å²) in [6, 6.07) is -0.0362.